The Morgan fingerprint density at radius 1 is 1.25 bits per heavy atom. The minimum Gasteiger partial charge on any atom is -0.396 e. The molecular formula is C18H22ClN3O2. The molecule has 5 nitrogen and oxygen atoms in total. The molecule has 2 atom stereocenters. The predicted molar refractivity (Wildman–Crippen MR) is 96.0 cm³/mol. The average Bonchev–Trinajstić information content (AvgIpc) is 2.57. The van der Waals surface area contributed by atoms with Gasteiger partial charge in [-0.3, -0.25) is 4.79 Å². The van der Waals surface area contributed by atoms with Crippen LogP contribution in [0.1, 0.15) is 31.4 Å². The van der Waals surface area contributed by atoms with Gasteiger partial charge in [0.25, 0.3) is 0 Å². The number of hydrogen-bond acceptors (Lipinski definition) is 4. The van der Waals surface area contributed by atoms with Crippen LogP contribution < -0.4 is 10.6 Å². The van der Waals surface area contributed by atoms with Crippen LogP contribution in [0.3, 0.4) is 0 Å². The molecule has 24 heavy (non-hydrogen) atoms. The topological polar surface area (TPSA) is 74.2 Å². The fourth-order valence-corrected chi connectivity index (χ4v) is 2.69. The molecule has 0 bridgehead atoms. The van der Waals surface area contributed by atoms with Crippen molar-refractivity contribution in [2.24, 2.45) is 0 Å². The standard InChI is InChI=1S/C18H22ClN3O2/c1-13(12-17(24)22-16-8-5-10-20-18(16)19)21-15(9-11-23)14-6-3-2-4-7-14/h2-8,10,13,15,21,23H,9,11-12H2,1H3,(H,22,24)/t13?,15-/m1/s1. The maximum absolute atomic E-state index is 12.2. The number of benzene rings is 1. The number of aliphatic hydroxyl groups is 1. The van der Waals surface area contributed by atoms with Gasteiger partial charge in [0.15, 0.2) is 5.15 Å². The number of pyridine rings is 1. The van der Waals surface area contributed by atoms with Gasteiger partial charge >= 0.3 is 0 Å². The molecule has 1 unspecified atom stereocenters. The van der Waals surface area contributed by atoms with Crippen molar-refractivity contribution in [2.75, 3.05) is 11.9 Å². The smallest absolute Gasteiger partial charge is 0.226 e. The van der Waals surface area contributed by atoms with Gasteiger partial charge in [0, 0.05) is 31.3 Å². The zero-order valence-electron chi connectivity index (χ0n) is 13.6. The molecule has 0 saturated heterocycles. The second-order valence-electron chi connectivity index (χ2n) is 5.64. The van der Waals surface area contributed by atoms with E-state index in [4.69, 9.17) is 11.6 Å². The van der Waals surface area contributed by atoms with Crippen molar-refractivity contribution >= 4 is 23.2 Å². The Morgan fingerprint density at radius 2 is 2.00 bits per heavy atom. The molecule has 0 aliphatic carbocycles. The second kappa shape index (κ2) is 9.37. The molecule has 1 aromatic carbocycles. The summed E-state index contributed by atoms with van der Waals surface area (Å²) in [6.07, 6.45) is 2.45. The van der Waals surface area contributed by atoms with Gasteiger partial charge < -0.3 is 15.7 Å². The second-order valence-corrected chi connectivity index (χ2v) is 6.00. The monoisotopic (exact) mass is 347 g/mol. The van der Waals surface area contributed by atoms with Crippen molar-refractivity contribution in [2.45, 2.75) is 31.8 Å². The Morgan fingerprint density at radius 3 is 2.67 bits per heavy atom. The first-order chi connectivity index (χ1) is 11.6. The van der Waals surface area contributed by atoms with Crippen LogP contribution in [0.4, 0.5) is 5.69 Å². The third-order valence-corrected chi connectivity index (χ3v) is 3.93. The van der Waals surface area contributed by atoms with Gasteiger partial charge in [-0.15, -0.1) is 0 Å². The van der Waals surface area contributed by atoms with Gasteiger partial charge in [0.2, 0.25) is 5.91 Å². The molecule has 1 amide bonds. The highest BCUT2D eigenvalue weighted by Gasteiger charge is 2.16. The lowest BCUT2D eigenvalue weighted by Crippen LogP contribution is -2.34. The molecule has 128 valence electrons. The van der Waals surface area contributed by atoms with Crippen LogP contribution in [0.5, 0.6) is 0 Å². The first-order valence-corrected chi connectivity index (χ1v) is 8.30. The van der Waals surface area contributed by atoms with Crippen LogP contribution in [0.25, 0.3) is 0 Å². The van der Waals surface area contributed by atoms with E-state index in [1.807, 2.05) is 37.3 Å². The van der Waals surface area contributed by atoms with Crippen LogP contribution in [0, 0.1) is 0 Å². The molecule has 0 radical (unpaired) electrons. The van der Waals surface area contributed by atoms with Crippen molar-refractivity contribution < 1.29 is 9.90 Å². The predicted octanol–water partition coefficient (Wildman–Crippen LogP) is 3.17. The van der Waals surface area contributed by atoms with Crippen molar-refractivity contribution in [3.05, 3.63) is 59.4 Å². The molecule has 0 spiro atoms. The number of anilines is 1. The highest BCUT2D eigenvalue weighted by Crippen LogP contribution is 2.19. The highest BCUT2D eigenvalue weighted by atomic mass is 35.5. The summed E-state index contributed by atoms with van der Waals surface area (Å²) in [4.78, 5) is 16.1. The van der Waals surface area contributed by atoms with E-state index in [-0.39, 0.29) is 29.8 Å². The summed E-state index contributed by atoms with van der Waals surface area (Å²) >= 11 is 5.94. The van der Waals surface area contributed by atoms with E-state index < -0.39 is 0 Å². The molecule has 0 aliphatic heterocycles. The van der Waals surface area contributed by atoms with Crippen LogP contribution >= 0.6 is 11.6 Å². The molecule has 2 rings (SSSR count). The number of halogens is 1. The number of nitrogens with one attached hydrogen (secondary N) is 2. The van der Waals surface area contributed by atoms with Crippen molar-refractivity contribution in [1.82, 2.24) is 10.3 Å². The lowest BCUT2D eigenvalue weighted by atomic mass is 10.0. The Hall–Kier alpha value is -1.95. The number of hydrogen-bond donors (Lipinski definition) is 3. The summed E-state index contributed by atoms with van der Waals surface area (Å²) < 4.78 is 0. The van der Waals surface area contributed by atoms with Crippen LogP contribution in [0.2, 0.25) is 5.15 Å². The van der Waals surface area contributed by atoms with E-state index in [1.165, 1.54) is 0 Å². The third kappa shape index (κ3) is 5.60. The number of carbonyl (C=O) groups excluding carboxylic acids is 1. The number of carbonyl (C=O) groups is 1. The quantitative estimate of drug-likeness (QED) is 0.641. The Labute approximate surface area is 147 Å². The van der Waals surface area contributed by atoms with Crippen LogP contribution in [-0.2, 0) is 4.79 Å². The zero-order valence-corrected chi connectivity index (χ0v) is 14.3. The summed E-state index contributed by atoms with van der Waals surface area (Å²) in [6, 6.07) is 13.3. The normalized spacial score (nSPS) is 13.3. The fourth-order valence-electron chi connectivity index (χ4n) is 2.52. The number of aliphatic hydroxyl groups excluding tert-OH is 1. The maximum Gasteiger partial charge on any atom is 0.226 e. The van der Waals surface area contributed by atoms with Gasteiger partial charge in [-0.2, -0.15) is 0 Å². The molecule has 3 N–H and O–H groups in total. The minimum absolute atomic E-state index is 0.000907. The summed E-state index contributed by atoms with van der Waals surface area (Å²) in [5.41, 5.74) is 1.60. The summed E-state index contributed by atoms with van der Waals surface area (Å²) in [5.74, 6) is -0.138. The Bertz CT molecular complexity index is 652. The first kappa shape index (κ1) is 18.4. The van der Waals surface area contributed by atoms with E-state index in [0.717, 1.165) is 5.56 Å². The highest BCUT2D eigenvalue weighted by molar-refractivity contribution is 6.32. The maximum atomic E-state index is 12.2. The zero-order chi connectivity index (χ0) is 17.4. The number of nitrogens with zero attached hydrogens (tertiary/aromatic N) is 1. The molecule has 1 heterocycles. The number of rotatable bonds is 8. The molecule has 2 aromatic rings. The van der Waals surface area contributed by atoms with Gasteiger partial charge in [-0.05, 0) is 31.0 Å². The van der Waals surface area contributed by atoms with Gasteiger partial charge in [-0.1, -0.05) is 41.9 Å². The van der Waals surface area contributed by atoms with Crippen molar-refractivity contribution in [3.8, 4) is 0 Å². The first-order valence-electron chi connectivity index (χ1n) is 7.92. The van der Waals surface area contributed by atoms with E-state index in [2.05, 4.69) is 15.6 Å². The van der Waals surface area contributed by atoms with E-state index in [9.17, 15) is 9.90 Å². The third-order valence-electron chi connectivity index (χ3n) is 3.63. The van der Waals surface area contributed by atoms with E-state index in [0.29, 0.717) is 18.5 Å². The lowest BCUT2D eigenvalue weighted by molar-refractivity contribution is -0.116. The minimum atomic E-state index is -0.138. The van der Waals surface area contributed by atoms with Crippen molar-refractivity contribution in [3.63, 3.8) is 0 Å². The summed E-state index contributed by atoms with van der Waals surface area (Å²) in [5, 5.41) is 15.7. The fraction of sp³-hybridized carbons (Fsp3) is 0.333. The molecule has 0 fully saturated rings. The molecule has 0 aliphatic rings. The Kier molecular flexibility index (Phi) is 7.18. The Balaban J connectivity index is 1.92. The van der Waals surface area contributed by atoms with Gasteiger partial charge in [0.1, 0.15) is 0 Å². The van der Waals surface area contributed by atoms with Crippen LogP contribution in [0.15, 0.2) is 48.7 Å². The van der Waals surface area contributed by atoms with Crippen LogP contribution in [-0.4, -0.2) is 28.6 Å². The number of amides is 1. The largest absolute Gasteiger partial charge is 0.396 e. The van der Waals surface area contributed by atoms with E-state index in [1.54, 1.807) is 18.3 Å². The van der Waals surface area contributed by atoms with Crippen molar-refractivity contribution in [1.29, 1.82) is 0 Å². The summed E-state index contributed by atoms with van der Waals surface area (Å²) in [6.45, 7) is 2.02. The van der Waals surface area contributed by atoms with E-state index >= 15 is 0 Å². The lowest BCUT2D eigenvalue weighted by Gasteiger charge is -2.23. The average molecular weight is 348 g/mol. The van der Waals surface area contributed by atoms with Gasteiger partial charge in [-0.25, -0.2) is 4.98 Å². The molecular weight excluding hydrogens is 326 g/mol. The molecule has 0 saturated carbocycles. The summed E-state index contributed by atoms with van der Waals surface area (Å²) in [7, 11) is 0. The number of aromatic nitrogens is 1. The molecule has 1 aromatic heterocycles. The molecule has 6 heteroatoms. The van der Waals surface area contributed by atoms with Gasteiger partial charge in [0.05, 0.1) is 5.69 Å². The SMILES string of the molecule is CC(CC(=O)Nc1cccnc1Cl)N[C@H](CCO)c1ccccc1.